The molecule has 51 heavy (non-hydrogen) atoms. The molecule has 4 rings (SSSR count). The highest BCUT2D eigenvalue weighted by molar-refractivity contribution is 5.93. The number of carbonyl (C=O) groups excluding carboxylic acids is 4. The topological polar surface area (TPSA) is 172 Å². The fourth-order valence-electron chi connectivity index (χ4n) is 5.67. The Morgan fingerprint density at radius 1 is 0.863 bits per heavy atom. The van der Waals surface area contributed by atoms with E-state index < -0.39 is 53.7 Å². The molecule has 5 atom stereocenters. The van der Waals surface area contributed by atoms with Crippen LogP contribution in [0.15, 0.2) is 85.3 Å². The zero-order valence-electron chi connectivity index (χ0n) is 29.8. The summed E-state index contributed by atoms with van der Waals surface area (Å²) in [4.78, 5) is 60.8. The number of esters is 1. The molecule has 1 unspecified atom stereocenters. The molecular formula is C39H49N5O7. The normalized spacial score (nSPS) is 14.4. The third-order valence-electron chi connectivity index (χ3n) is 8.51. The van der Waals surface area contributed by atoms with E-state index in [0.717, 1.165) is 21.9 Å². The van der Waals surface area contributed by atoms with Crippen molar-refractivity contribution in [3.05, 3.63) is 102 Å². The van der Waals surface area contributed by atoms with E-state index in [1.807, 2.05) is 86.6 Å². The highest BCUT2D eigenvalue weighted by Gasteiger charge is 2.34. The van der Waals surface area contributed by atoms with Crippen LogP contribution in [0.5, 0.6) is 0 Å². The minimum Gasteiger partial charge on any atom is -0.461 e. The molecule has 0 fully saturated rings. The van der Waals surface area contributed by atoms with Crippen molar-refractivity contribution in [3.8, 4) is 0 Å². The van der Waals surface area contributed by atoms with Crippen molar-refractivity contribution in [2.45, 2.75) is 96.7 Å². The number of H-pyrrole nitrogens is 1. The maximum Gasteiger partial charge on any atom is 0.408 e. The second-order valence-corrected chi connectivity index (χ2v) is 13.7. The Morgan fingerprint density at radius 2 is 1.53 bits per heavy atom. The van der Waals surface area contributed by atoms with Gasteiger partial charge >= 0.3 is 12.1 Å². The van der Waals surface area contributed by atoms with Crippen molar-refractivity contribution >= 4 is 34.6 Å². The summed E-state index contributed by atoms with van der Waals surface area (Å²) in [5, 5.41) is 21.5. The average molecular weight is 700 g/mol. The summed E-state index contributed by atoms with van der Waals surface area (Å²) in [6, 6.07) is 19.5. The van der Waals surface area contributed by atoms with E-state index in [0.29, 0.717) is 12.1 Å². The highest BCUT2D eigenvalue weighted by atomic mass is 16.6. The van der Waals surface area contributed by atoms with Crippen LogP contribution in [0.2, 0.25) is 0 Å². The Balaban J connectivity index is 1.54. The molecule has 3 aromatic carbocycles. The molecule has 5 N–H and O–H groups in total. The number of hydrogen-bond donors (Lipinski definition) is 5. The van der Waals surface area contributed by atoms with Gasteiger partial charge in [-0.15, -0.1) is 0 Å². The third kappa shape index (κ3) is 12.0. The van der Waals surface area contributed by atoms with Crippen molar-refractivity contribution in [1.29, 1.82) is 0 Å². The maximum atomic E-state index is 14.1. The summed E-state index contributed by atoms with van der Waals surface area (Å²) in [7, 11) is 0. The van der Waals surface area contributed by atoms with E-state index in [9.17, 15) is 24.3 Å². The minimum absolute atomic E-state index is 0.0109. The Kier molecular flexibility index (Phi) is 13.7. The number of ether oxygens (including phenoxy) is 2. The zero-order valence-corrected chi connectivity index (χ0v) is 29.8. The van der Waals surface area contributed by atoms with Crippen LogP contribution in [-0.2, 0) is 43.3 Å². The molecule has 1 aromatic heterocycles. The number of aromatic amines is 1. The van der Waals surface area contributed by atoms with Gasteiger partial charge in [0.1, 0.15) is 24.3 Å². The molecule has 0 bridgehead atoms. The maximum absolute atomic E-state index is 14.1. The fourth-order valence-corrected chi connectivity index (χ4v) is 5.67. The van der Waals surface area contributed by atoms with Gasteiger partial charge in [0.05, 0.1) is 30.6 Å². The van der Waals surface area contributed by atoms with Gasteiger partial charge in [0.25, 0.3) is 0 Å². The highest BCUT2D eigenvalue weighted by Crippen LogP contribution is 2.21. The van der Waals surface area contributed by atoms with Crippen LogP contribution >= 0.6 is 0 Å². The molecule has 0 aliphatic rings. The standard InChI is InChI=1S/C39H49N5O7/c1-6-25(2)35(33(45)21-34(46)50-23-26-13-8-7-9-14-26)44-37(48)32(20-29-22-40-24-41-29)42-36(47)31(43-38(49)51-39(3,4)5)19-28-17-12-16-27-15-10-11-18-30(27)28/h7-18,22,24-25,31-33,35,45H,6,19-21,23H2,1-5H3,(H,40,41)(H,42,47)(H,43,49)(H,44,48)/t25?,31-,32-,33-,35-/m0/s1. The van der Waals surface area contributed by atoms with Crippen molar-refractivity contribution < 1.29 is 33.8 Å². The van der Waals surface area contributed by atoms with Gasteiger partial charge in [0.2, 0.25) is 11.8 Å². The molecule has 0 aliphatic carbocycles. The molecule has 0 saturated carbocycles. The van der Waals surface area contributed by atoms with Gasteiger partial charge in [-0.2, -0.15) is 0 Å². The average Bonchev–Trinajstić information content (AvgIpc) is 3.61. The van der Waals surface area contributed by atoms with E-state index in [-0.39, 0.29) is 31.8 Å². The number of nitrogens with one attached hydrogen (secondary N) is 4. The Bertz CT molecular complexity index is 1730. The molecule has 12 heteroatoms. The van der Waals surface area contributed by atoms with E-state index in [4.69, 9.17) is 9.47 Å². The number of aliphatic hydroxyl groups is 1. The van der Waals surface area contributed by atoms with Crippen LogP contribution in [0.3, 0.4) is 0 Å². The van der Waals surface area contributed by atoms with Crippen molar-refractivity contribution in [2.75, 3.05) is 0 Å². The van der Waals surface area contributed by atoms with Gasteiger partial charge in [0.15, 0.2) is 0 Å². The van der Waals surface area contributed by atoms with Crippen LogP contribution in [0.1, 0.15) is 64.3 Å². The number of aromatic nitrogens is 2. The van der Waals surface area contributed by atoms with E-state index >= 15 is 0 Å². The molecule has 0 saturated heterocycles. The fraction of sp³-hybridized carbons (Fsp3) is 0.410. The van der Waals surface area contributed by atoms with Crippen LogP contribution in [-0.4, -0.2) is 68.8 Å². The summed E-state index contributed by atoms with van der Waals surface area (Å²) in [5.74, 6) is -2.05. The number of alkyl carbamates (subject to hydrolysis) is 1. The second-order valence-electron chi connectivity index (χ2n) is 13.7. The molecule has 272 valence electrons. The predicted octanol–water partition coefficient (Wildman–Crippen LogP) is 4.75. The number of imidazole rings is 1. The lowest BCUT2D eigenvalue weighted by atomic mass is 9.92. The first kappa shape index (κ1) is 38.6. The Hall–Kier alpha value is -5.23. The van der Waals surface area contributed by atoms with Gasteiger partial charge < -0.3 is 35.5 Å². The van der Waals surface area contributed by atoms with Gasteiger partial charge in [-0.1, -0.05) is 93.1 Å². The van der Waals surface area contributed by atoms with E-state index in [1.165, 1.54) is 6.33 Å². The summed E-state index contributed by atoms with van der Waals surface area (Å²) in [5.41, 5.74) is 1.32. The van der Waals surface area contributed by atoms with Crippen LogP contribution in [0.25, 0.3) is 10.8 Å². The number of carbonyl (C=O) groups is 4. The molecule has 0 radical (unpaired) electrons. The summed E-state index contributed by atoms with van der Waals surface area (Å²) >= 11 is 0. The number of rotatable bonds is 16. The molecular weight excluding hydrogens is 650 g/mol. The monoisotopic (exact) mass is 699 g/mol. The van der Waals surface area contributed by atoms with Crippen molar-refractivity contribution in [3.63, 3.8) is 0 Å². The summed E-state index contributed by atoms with van der Waals surface area (Å²) in [6.07, 6.45) is 1.40. The third-order valence-corrected chi connectivity index (χ3v) is 8.51. The number of nitrogens with zero attached hydrogens (tertiary/aromatic N) is 1. The van der Waals surface area contributed by atoms with Crippen LogP contribution in [0.4, 0.5) is 4.79 Å². The van der Waals surface area contributed by atoms with Crippen molar-refractivity contribution in [1.82, 2.24) is 25.9 Å². The lowest BCUT2D eigenvalue weighted by Gasteiger charge is -2.31. The van der Waals surface area contributed by atoms with Gasteiger partial charge in [-0.3, -0.25) is 14.4 Å². The minimum atomic E-state index is -1.26. The Labute approximate surface area is 298 Å². The molecule has 0 spiro atoms. The van der Waals surface area contributed by atoms with Crippen LogP contribution in [0, 0.1) is 5.92 Å². The van der Waals surface area contributed by atoms with Gasteiger partial charge in [0, 0.05) is 19.0 Å². The largest absolute Gasteiger partial charge is 0.461 e. The summed E-state index contributed by atoms with van der Waals surface area (Å²) < 4.78 is 10.9. The van der Waals surface area contributed by atoms with E-state index in [2.05, 4.69) is 25.9 Å². The number of hydrogen-bond acceptors (Lipinski definition) is 8. The number of benzene rings is 3. The number of aliphatic hydroxyl groups excluding tert-OH is 1. The molecule has 12 nitrogen and oxygen atoms in total. The first-order valence-electron chi connectivity index (χ1n) is 17.2. The van der Waals surface area contributed by atoms with Gasteiger partial charge in [-0.25, -0.2) is 9.78 Å². The van der Waals surface area contributed by atoms with E-state index in [1.54, 1.807) is 27.0 Å². The second kappa shape index (κ2) is 18.1. The molecule has 3 amide bonds. The molecule has 0 aliphatic heterocycles. The molecule has 4 aromatic rings. The van der Waals surface area contributed by atoms with Gasteiger partial charge in [-0.05, 0) is 48.6 Å². The molecule has 1 heterocycles. The SMILES string of the molecule is CCC(C)[C@H](NC(=O)[C@H](Cc1c[nH]cn1)NC(=O)[C@H](Cc1cccc2ccccc12)NC(=O)OC(C)(C)C)[C@@H](O)CC(=O)OCc1ccccc1. The lowest BCUT2D eigenvalue weighted by Crippen LogP contribution is -2.58. The Morgan fingerprint density at radius 3 is 2.22 bits per heavy atom. The smallest absolute Gasteiger partial charge is 0.408 e. The first-order chi connectivity index (χ1) is 24.3. The quantitative estimate of drug-likeness (QED) is 0.104. The lowest BCUT2D eigenvalue weighted by molar-refractivity contribution is -0.148. The summed E-state index contributed by atoms with van der Waals surface area (Å²) in [6.45, 7) is 9.00. The van der Waals surface area contributed by atoms with Crippen molar-refractivity contribution in [2.24, 2.45) is 5.92 Å². The number of amides is 3. The first-order valence-corrected chi connectivity index (χ1v) is 17.2. The van der Waals surface area contributed by atoms with Crippen LogP contribution < -0.4 is 16.0 Å². The predicted molar refractivity (Wildman–Crippen MR) is 193 cm³/mol. The number of fused-ring (bicyclic) bond motifs is 1. The zero-order chi connectivity index (χ0) is 37.0.